The van der Waals surface area contributed by atoms with Crippen LogP contribution in [0.4, 0.5) is 0 Å². The van der Waals surface area contributed by atoms with Crippen LogP contribution in [0.1, 0.15) is 22.8 Å². The highest BCUT2D eigenvalue weighted by molar-refractivity contribution is 5.94. The van der Waals surface area contributed by atoms with Gasteiger partial charge < -0.3 is 30.5 Å². The van der Waals surface area contributed by atoms with Crippen molar-refractivity contribution in [3.8, 4) is 0 Å². The number of aliphatic hydroxyl groups is 4. The first-order valence-corrected chi connectivity index (χ1v) is 7.18. The number of carbonyl (C=O) groups excluding carboxylic acids is 1. The van der Waals surface area contributed by atoms with Crippen LogP contribution in [-0.2, 0) is 11.2 Å². The fourth-order valence-electron chi connectivity index (χ4n) is 2.38. The van der Waals surface area contributed by atoms with Crippen LogP contribution in [0.2, 0.25) is 0 Å². The Hall–Kier alpha value is -1.51. The van der Waals surface area contributed by atoms with Crippen LogP contribution >= 0.6 is 0 Å². The van der Waals surface area contributed by atoms with E-state index in [9.17, 15) is 20.1 Å². The third-order valence-corrected chi connectivity index (χ3v) is 3.82. The van der Waals surface area contributed by atoms with Crippen molar-refractivity contribution >= 4 is 5.91 Å². The van der Waals surface area contributed by atoms with Crippen LogP contribution < -0.4 is 5.32 Å². The molecule has 7 heteroatoms. The topological polar surface area (TPSA) is 119 Å². The standard InChI is InChI=1S/C15H21NO6/c1-2-8-3-5-9(6-4-8)14(20)16-11-13(19)12(18)10(7-17)22-15(11)21/h3-6,10-13,15,17-19,21H,2,7H2,1H3,(H,16,20). The van der Waals surface area contributed by atoms with Crippen molar-refractivity contribution in [1.82, 2.24) is 5.32 Å². The number of aliphatic hydroxyl groups excluding tert-OH is 4. The minimum Gasteiger partial charge on any atom is -0.394 e. The summed E-state index contributed by atoms with van der Waals surface area (Å²) in [5, 5.41) is 41.0. The maximum absolute atomic E-state index is 12.1. The van der Waals surface area contributed by atoms with Crippen molar-refractivity contribution in [1.29, 1.82) is 0 Å². The van der Waals surface area contributed by atoms with Gasteiger partial charge in [0.1, 0.15) is 24.4 Å². The third-order valence-electron chi connectivity index (χ3n) is 3.82. The number of hydrogen-bond acceptors (Lipinski definition) is 6. The Balaban J connectivity index is 2.06. The van der Waals surface area contributed by atoms with E-state index in [0.29, 0.717) is 5.56 Å². The van der Waals surface area contributed by atoms with Gasteiger partial charge in [0.25, 0.3) is 5.91 Å². The smallest absolute Gasteiger partial charge is 0.251 e. The summed E-state index contributed by atoms with van der Waals surface area (Å²) in [5.74, 6) is -0.496. The predicted octanol–water partition coefficient (Wildman–Crippen LogP) is -1.22. The molecule has 1 amide bonds. The molecule has 5 unspecified atom stereocenters. The molecule has 1 aromatic rings. The quantitative estimate of drug-likeness (QED) is 0.475. The zero-order valence-corrected chi connectivity index (χ0v) is 12.2. The molecule has 1 aliphatic heterocycles. The highest BCUT2D eigenvalue weighted by atomic mass is 16.6. The Morgan fingerprint density at radius 3 is 2.36 bits per heavy atom. The average molecular weight is 311 g/mol. The summed E-state index contributed by atoms with van der Waals surface area (Å²) in [6, 6.07) is 5.73. The van der Waals surface area contributed by atoms with Crippen molar-refractivity contribution in [2.75, 3.05) is 6.61 Å². The lowest BCUT2D eigenvalue weighted by Gasteiger charge is -2.40. The lowest BCUT2D eigenvalue weighted by molar-refractivity contribution is -0.252. The summed E-state index contributed by atoms with van der Waals surface area (Å²) >= 11 is 0. The van der Waals surface area contributed by atoms with E-state index in [1.807, 2.05) is 19.1 Å². The molecule has 0 saturated carbocycles. The molecule has 5 atom stereocenters. The first-order chi connectivity index (χ1) is 10.5. The van der Waals surface area contributed by atoms with Crippen LogP contribution in [0.25, 0.3) is 0 Å². The van der Waals surface area contributed by atoms with Gasteiger partial charge in [-0.2, -0.15) is 0 Å². The number of ether oxygens (including phenoxy) is 1. The van der Waals surface area contributed by atoms with Crippen molar-refractivity contribution in [2.24, 2.45) is 0 Å². The average Bonchev–Trinajstić information content (AvgIpc) is 2.54. The maximum Gasteiger partial charge on any atom is 0.251 e. The monoisotopic (exact) mass is 311 g/mol. The Morgan fingerprint density at radius 1 is 1.18 bits per heavy atom. The second kappa shape index (κ2) is 7.17. The largest absolute Gasteiger partial charge is 0.394 e. The van der Waals surface area contributed by atoms with Crippen LogP contribution in [0.5, 0.6) is 0 Å². The molecule has 1 fully saturated rings. The highest BCUT2D eigenvalue weighted by Crippen LogP contribution is 2.20. The van der Waals surface area contributed by atoms with E-state index in [0.717, 1.165) is 12.0 Å². The zero-order chi connectivity index (χ0) is 16.3. The van der Waals surface area contributed by atoms with Gasteiger partial charge in [-0.15, -0.1) is 0 Å². The summed E-state index contributed by atoms with van der Waals surface area (Å²) in [6.45, 7) is 1.45. The molecular weight excluding hydrogens is 290 g/mol. The molecule has 7 nitrogen and oxygen atoms in total. The Bertz CT molecular complexity index is 505. The van der Waals surface area contributed by atoms with Gasteiger partial charge in [-0.25, -0.2) is 0 Å². The minimum atomic E-state index is -1.52. The minimum absolute atomic E-state index is 0.371. The van der Waals surface area contributed by atoms with Crippen molar-refractivity contribution in [3.05, 3.63) is 35.4 Å². The summed E-state index contributed by atoms with van der Waals surface area (Å²) < 4.78 is 4.98. The summed E-state index contributed by atoms with van der Waals surface area (Å²) in [7, 11) is 0. The van der Waals surface area contributed by atoms with E-state index in [-0.39, 0.29) is 0 Å². The maximum atomic E-state index is 12.1. The number of benzene rings is 1. The second-order valence-corrected chi connectivity index (χ2v) is 5.28. The lowest BCUT2D eigenvalue weighted by Crippen LogP contribution is -2.64. The molecule has 5 N–H and O–H groups in total. The Morgan fingerprint density at radius 2 is 1.82 bits per heavy atom. The fourth-order valence-corrected chi connectivity index (χ4v) is 2.38. The number of hydrogen-bond donors (Lipinski definition) is 5. The van der Waals surface area contributed by atoms with Crippen LogP contribution in [-0.4, -0.2) is 63.6 Å². The van der Waals surface area contributed by atoms with Crippen molar-refractivity contribution in [2.45, 2.75) is 44.0 Å². The first-order valence-electron chi connectivity index (χ1n) is 7.18. The molecule has 1 saturated heterocycles. The van der Waals surface area contributed by atoms with E-state index in [2.05, 4.69) is 5.32 Å². The van der Waals surface area contributed by atoms with E-state index >= 15 is 0 Å². The fraction of sp³-hybridized carbons (Fsp3) is 0.533. The normalized spacial score (nSPS) is 31.8. The van der Waals surface area contributed by atoms with E-state index < -0.39 is 43.2 Å². The number of aryl methyl sites for hydroxylation is 1. The van der Waals surface area contributed by atoms with Crippen LogP contribution in [0.15, 0.2) is 24.3 Å². The summed E-state index contributed by atoms with van der Waals surface area (Å²) in [4.78, 5) is 12.1. The number of nitrogens with one attached hydrogen (secondary N) is 1. The zero-order valence-electron chi connectivity index (χ0n) is 12.2. The Labute approximate surface area is 128 Å². The number of rotatable bonds is 4. The van der Waals surface area contributed by atoms with Gasteiger partial charge in [-0.1, -0.05) is 19.1 Å². The molecule has 0 spiro atoms. The molecule has 22 heavy (non-hydrogen) atoms. The summed E-state index contributed by atoms with van der Waals surface area (Å²) in [6.07, 6.45) is -4.61. The van der Waals surface area contributed by atoms with Gasteiger partial charge in [0.05, 0.1) is 6.61 Å². The molecular formula is C15H21NO6. The molecule has 0 aromatic heterocycles. The predicted molar refractivity (Wildman–Crippen MR) is 77.1 cm³/mol. The molecule has 0 radical (unpaired) electrons. The van der Waals surface area contributed by atoms with Crippen molar-refractivity contribution < 1.29 is 30.0 Å². The van der Waals surface area contributed by atoms with Gasteiger partial charge in [-0.3, -0.25) is 4.79 Å². The van der Waals surface area contributed by atoms with Gasteiger partial charge >= 0.3 is 0 Å². The molecule has 0 aliphatic carbocycles. The Kier molecular flexibility index (Phi) is 5.49. The van der Waals surface area contributed by atoms with Crippen LogP contribution in [0.3, 0.4) is 0 Å². The molecule has 2 rings (SSSR count). The molecule has 0 bridgehead atoms. The number of carbonyl (C=O) groups is 1. The molecule has 122 valence electrons. The third kappa shape index (κ3) is 3.45. The van der Waals surface area contributed by atoms with Crippen molar-refractivity contribution in [3.63, 3.8) is 0 Å². The number of amides is 1. The van der Waals surface area contributed by atoms with Crippen LogP contribution in [0, 0.1) is 0 Å². The van der Waals surface area contributed by atoms with Gasteiger partial charge in [0.2, 0.25) is 0 Å². The summed E-state index contributed by atoms with van der Waals surface area (Å²) in [5.41, 5.74) is 1.45. The molecule has 1 aromatic carbocycles. The first kappa shape index (κ1) is 16.9. The van der Waals surface area contributed by atoms with Gasteiger partial charge in [-0.05, 0) is 24.1 Å². The van der Waals surface area contributed by atoms with E-state index in [1.54, 1.807) is 12.1 Å². The SMILES string of the molecule is CCc1ccc(C(=O)NC2C(O)OC(CO)C(O)C2O)cc1. The molecule has 1 heterocycles. The lowest BCUT2D eigenvalue weighted by atomic mass is 9.96. The molecule has 1 aliphatic rings. The highest BCUT2D eigenvalue weighted by Gasteiger charge is 2.44. The van der Waals surface area contributed by atoms with Gasteiger partial charge in [0, 0.05) is 5.56 Å². The van der Waals surface area contributed by atoms with E-state index in [1.165, 1.54) is 0 Å². The second-order valence-electron chi connectivity index (χ2n) is 5.28. The van der Waals surface area contributed by atoms with Gasteiger partial charge in [0.15, 0.2) is 6.29 Å². The van der Waals surface area contributed by atoms with E-state index in [4.69, 9.17) is 9.84 Å².